The average molecular weight is 333 g/mol. The molecule has 3 heterocycles. The first-order valence-corrected chi connectivity index (χ1v) is 8.09. The van der Waals surface area contributed by atoms with E-state index in [4.69, 9.17) is 4.74 Å². The van der Waals surface area contributed by atoms with Crippen molar-refractivity contribution in [1.29, 1.82) is 0 Å². The first kappa shape index (κ1) is 15.5. The van der Waals surface area contributed by atoms with E-state index in [1.165, 1.54) is 27.1 Å². The van der Waals surface area contributed by atoms with Crippen molar-refractivity contribution >= 4 is 28.6 Å². The third kappa shape index (κ3) is 3.37. The van der Waals surface area contributed by atoms with Gasteiger partial charge in [0.25, 0.3) is 10.8 Å². The quantitative estimate of drug-likeness (QED) is 0.783. The maximum absolute atomic E-state index is 12.1. The Hall–Kier alpha value is -2.35. The van der Waals surface area contributed by atoms with Gasteiger partial charge in [0.05, 0.1) is 5.69 Å². The Kier molecular flexibility index (Phi) is 4.33. The van der Waals surface area contributed by atoms with Crippen LogP contribution in [0.1, 0.15) is 11.4 Å². The number of esters is 1. The fraction of sp³-hybridized carbons (Fsp3) is 0.333. The van der Waals surface area contributed by atoms with Crippen LogP contribution in [0.2, 0.25) is 0 Å². The average Bonchev–Trinajstić information content (AvgIpc) is 2.90. The zero-order chi connectivity index (χ0) is 16.4. The monoisotopic (exact) mass is 333 g/mol. The second-order valence-electron chi connectivity index (χ2n) is 5.14. The Balaban J connectivity index is 1.69. The predicted octanol–water partition coefficient (Wildman–Crippen LogP) is 1.21. The second kappa shape index (κ2) is 6.41. The van der Waals surface area contributed by atoms with Gasteiger partial charge in [-0.3, -0.25) is 18.8 Å². The summed E-state index contributed by atoms with van der Waals surface area (Å²) in [4.78, 5) is 41.1. The highest BCUT2D eigenvalue weighted by atomic mass is 32.2. The molecule has 0 bridgehead atoms. The highest BCUT2D eigenvalue weighted by Crippen LogP contribution is 2.16. The van der Waals surface area contributed by atoms with Crippen LogP contribution in [0, 0.1) is 6.92 Å². The third-order valence-electron chi connectivity index (χ3n) is 3.48. The molecule has 7 nitrogen and oxygen atoms in total. The van der Waals surface area contributed by atoms with Crippen molar-refractivity contribution in [1.82, 2.24) is 14.3 Å². The topological polar surface area (TPSA) is 81.0 Å². The first-order valence-electron chi connectivity index (χ1n) is 7.10. The van der Waals surface area contributed by atoms with Crippen LogP contribution in [0.4, 0.5) is 4.79 Å². The number of pyridine rings is 1. The summed E-state index contributed by atoms with van der Waals surface area (Å²) < 4.78 is 6.61. The molecule has 1 amide bonds. The second-order valence-corrected chi connectivity index (χ2v) is 6.19. The van der Waals surface area contributed by atoms with Gasteiger partial charge in [-0.2, -0.15) is 0 Å². The molecule has 0 atom stereocenters. The molecule has 2 aromatic rings. The minimum Gasteiger partial charge on any atom is -0.458 e. The van der Waals surface area contributed by atoms with Crippen molar-refractivity contribution in [3.63, 3.8) is 0 Å². The van der Waals surface area contributed by atoms with Gasteiger partial charge in [0.1, 0.15) is 18.8 Å². The van der Waals surface area contributed by atoms with Gasteiger partial charge in [0.2, 0.25) is 0 Å². The van der Waals surface area contributed by atoms with Crippen molar-refractivity contribution in [2.24, 2.45) is 0 Å². The largest absolute Gasteiger partial charge is 0.458 e. The summed E-state index contributed by atoms with van der Waals surface area (Å²) in [6, 6.07) is 6.70. The molecule has 1 fully saturated rings. The minimum atomic E-state index is -0.507. The summed E-state index contributed by atoms with van der Waals surface area (Å²) in [5.74, 6) is 0.182. The summed E-state index contributed by atoms with van der Waals surface area (Å²) in [6.07, 6.45) is 0. The fourth-order valence-electron chi connectivity index (χ4n) is 2.36. The van der Waals surface area contributed by atoms with E-state index in [1.54, 1.807) is 6.07 Å². The number of thioether (sulfide) groups is 1. The Morgan fingerprint density at radius 1 is 1.39 bits per heavy atom. The van der Waals surface area contributed by atoms with E-state index in [0.29, 0.717) is 23.6 Å². The molecular weight excluding hydrogens is 318 g/mol. The Morgan fingerprint density at radius 3 is 2.96 bits per heavy atom. The molecule has 0 saturated carbocycles. The zero-order valence-corrected chi connectivity index (χ0v) is 13.3. The summed E-state index contributed by atoms with van der Waals surface area (Å²) in [6.45, 7) is 2.21. The molecule has 23 heavy (non-hydrogen) atoms. The smallest absolute Gasteiger partial charge is 0.326 e. The van der Waals surface area contributed by atoms with E-state index >= 15 is 0 Å². The molecule has 0 aliphatic carbocycles. The van der Waals surface area contributed by atoms with Crippen LogP contribution < -0.4 is 5.56 Å². The van der Waals surface area contributed by atoms with Crippen molar-refractivity contribution < 1.29 is 14.3 Å². The van der Waals surface area contributed by atoms with E-state index < -0.39 is 5.97 Å². The number of aromatic nitrogens is 2. The van der Waals surface area contributed by atoms with E-state index in [1.807, 2.05) is 19.1 Å². The summed E-state index contributed by atoms with van der Waals surface area (Å²) in [5.41, 5.74) is 1.46. The summed E-state index contributed by atoms with van der Waals surface area (Å²) >= 11 is 1.19. The molecule has 3 rings (SSSR count). The first-order chi connectivity index (χ1) is 11.0. The number of hydrogen-bond donors (Lipinski definition) is 0. The van der Waals surface area contributed by atoms with Gasteiger partial charge in [0, 0.05) is 24.1 Å². The molecule has 0 spiro atoms. The number of nitrogens with zero attached hydrogens (tertiary/aromatic N) is 3. The zero-order valence-electron chi connectivity index (χ0n) is 12.5. The van der Waals surface area contributed by atoms with Gasteiger partial charge in [0.15, 0.2) is 0 Å². The summed E-state index contributed by atoms with van der Waals surface area (Å²) in [7, 11) is 0. The third-order valence-corrected chi connectivity index (χ3v) is 4.37. The highest BCUT2D eigenvalue weighted by molar-refractivity contribution is 8.13. The van der Waals surface area contributed by atoms with Gasteiger partial charge in [-0.05, 0) is 19.1 Å². The number of aryl methyl sites for hydroxylation is 1. The number of carbonyl (C=O) groups excluding carboxylic acids is 2. The molecular formula is C15H15N3O4S. The van der Waals surface area contributed by atoms with E-state index in [0.717, 1.165) is 5.69 Å². The highest BCUT2D eigenvalue weighted by Gasteiger charge is 2.23. The van der Waals surface area contributed by atoms with Gasteiger partial charge in [-0.25, -0.2) is 4.98 Å². The Bertz CT molecular complexity index is 833. The normalized spacial score (nSPS) is 14.5. The molecule has 0 radical (unpaired) electrons. The van der Waals surface area contributed by atoms with Crippen molar-refractivity contribution in [2.45, 2.75) is 13.5 Å². The van der Waals surface area contributed by atoms with Crippen LogP contribution in [-0.2, 0) is 16.1 Å². The summed E-state index contributed by atoms with van der Waals surface area (Å²) in [5, 5.41) is -0.112. The van der Waals surface area contributed by atoms with Crippen LogP contribution in [-0.4, -0.2) is 44.3 Å². The van der Waals surface area contributed by atoms with Crippen molar-refractivity contribution in [3.8, 4) is 0 Å². The van der Waals surface area contributed by atoms with Crippen molar-refractivity contribution in [2.75, 3.05) is 18.8 Å². The Labute approximate surface area is 136 Å². The van der Waals surface area contributed by atoms with Crippen LogP contribution in [0.25, 0.3) is 5.65 Å². The fourth-order valence-corrected chi connectivity index (χ4v) is 3.19. The van der Waals surface area contributed by atoms with Crippen molar-refractivity contribution in [3.05, 3.63) is 46.0 Å². The van der Waals surface area contributed by atoms with E-state index in [2.05, 4.69) is 4.98 Å². The molecule has 0 unspecified atom stereocenters. The van der Waals surface area contributed by atoms with Gasteiger partial charge >= 0.3 is 5.97 Å². The lowest BCUT2D eigenvalue weighted by molar-refractivity contribution is -0.145. The molecule has 1 aliphatic rings. The van der Waals surface area contributed by atoms with Crippen LogP contribution >= 0.6 is 11.8 Å². The standard InChI is InChI=1S/C15H15N3O4S/c1-10-3-2-4-12-16-11(7-13(19)18(10)12)9-22-14(20)8-17-5-6-23-15(17)21/h2-4,7H,5-6,8-9H2,1H3. The number of fused-ring (bicyclic) bond motifs is 1. The molecule has 2 aromatic heterocycles. The lowest BCUT2D eigenvalue weighted by Crippen LogP contribution is -2.31. The number of carbonyl (C=O) groups is 2. The molecule has 0 aromatic carbocycles. The maximum Gasteiger partial charge on any atom is 0.326 e. The van der Waals surface area contributed by atoms with Crippen LogP contribution in [0.15, 0.2) is 29.1 Å². The number of ether oxygens (including phenoxy) is 1. The number of amides is 1. The van der Waals surface area contributed by atoms with Gasteiger partial charge in [-0.15, -0.1) is 0 Å². The van der Waals surface area contributed by atoms with E-state index in [-0.39, 0.29) is 24.0 Å². The Morgan fingerprint density at radius 2 is 2.22 bits per heavy atom. The predicted molar refractivity (Wildman–Crippen MR) is 85.4 cm³/mol. The molecule has 0 N–H and O–H groups in total. The van der Waals surface area contributed by atoms with Gasteiger partial charge < -0.3 is 9.64 Å². The maximum atomic E-state index is 12.1. The lowest BCUT2D eigenvalue weighted by atomic mass is 10.3. The number of rotatable bonds is 4. The van der Waals surface area contributed by atoms with E-state index in [9.17, 15) is 14.4 Å². The number of hydrogen-bond acceptors (Lipinski definition) is 6. The molecule has 1 saturated heterocycles. The molecule has 1 aliphatic heterocycles. The minimum absolute atomic E-state index is 0.0719. The van der Waals surface area contributed by atoms with Crippen LogP contribution in [0.3, 0.4) is 0 Å². The lowest BCUT2D eigenvalue weighted by Gasteiger charge is -2.13. The molecule has 120 valence electrons. The SMILES string of the molecule is Cc1cccc2nc(COC(=O)CN3CCSC3=O)cc(=O)n12. The van der Waals surface area contributed by atoms with Gasteiger partial charge in [-0.1, -0.05) is 17.8 Å². The van der Waals surface area contributed by atoms with Crippen LogP contribution in [0.5, 0.6) is 0 Å². The molecule has 8 heteroatoms.